The number of unbranched alkanes of at least 4 members (excludes halogenated alkanes) is 1. The van der Waals surface area contributed by atoms with Crippen molar-refractivity contribution in [3.63, 3.8) is 0 Å². The Balaban J connectivity index is 2.13. The van der Waals surface area contributed by atoms with E-state index in [0.717, 1.165) is 35.6 Å². The van der Waals surface area contributed by atoms with Crippen molar-refractivity contribution in [1.82, 2.24) is 10.6 Å². The minimum Gasteiger partial charge on any atom is -0.491 e. The number of hydrogen-bond donors (Lipinski definition) is 3. The van der Waals surface area contributed by atoms with Gasteiger partial charge in [-0.1, -0.05) is 6.08 Å². The van der Waals surface area contributed by atoms with Crippen molar-refractivity contribution < 1.29 is 28.5 Å². The third-order valence-corrected chi connectivity index (χ3v) is 6.19. The molecule has 0 fully saturated rings. The Kier molecular flexibility index (Phi) is 17.9. The van der Waals surface area contributed by atoms with E-state index in [4.69, 9.17) is 23.7 Å². The number of allylic oxidation sites excluding steroid dienone is 1. The molecule has 0 aliphatic carbocycles. The van der Waals surface area contributed by atoms with Crippen LogP contribution in [0.3, 0.4) is 0 Å². The molecule has 1 unspecified atom stereocenters. The summed E-state index contributed by atoms with van der Waals surface area (Å²) in [7, 11) is 3.92. The average molecular weight is 542 g/mol. The van der Waals surface area contributed by atoms with Crippen LogP contribution in [0.1, 0.15) is 40.0 Å². The molecule has 1 aromatic carbocycles. The Bertz CT molecular complexity index is 760. The van der Waals surface area contributed by atoms with Gasteiger partial charge in [-0.2, -0.15) is 0 Å². The first-order chi connectivity index (χ1) is 17.8. The van der Waals surface area contributed by atoms with E-state index in [1.807, 2.05) is 53.1 Å². The first kappa shape index (κ1) is 33.0. The van der Waals surface area contributed by atoms with E-state index in [1.165, 1.54) is 0 Å². The third kappa shape index (κ3) is 17.2. The standard InChI is InChI=1S/C27H47N3O6S/c1-7-8-9-10-25(29-6)37-24-21-22(11-12-23(24)28-5)35-20-19-34-18-17-33-16-15-32-14-13-30-26(31)36-27(2,3)4/h7,11-12,21,25,28-29H,1,8-10,13-20H2,2-6H3,(H,30,31). The smallest absolute Gasteiger partial charge is 0.407 e. The summed E-state index contributed by atoms with van der Waals surface area (Å²) in [6, 6.07) is 6.08. The molecule has 10 heteroatoms. The molecule has 0 radical (unpaired) electrons. The number of nitrogens with one attached hydrogen (secondary N) is 3. The number of alkyl carbamates (subject to hydrolysis) is 1. The van der Waals surface area contributed by atoms with E-state index in [-0.39, 0.29) is 0 Å². The van der Waals surface area contributed by atoms with Crippen molar-refractivity contribution in [2.45, 2.75) is 55.9 Å². The normalized spacial score (nSPS) is 12.1. The highest BCUT2D eigenvalue weighted by molar-refractivity contribution is 8.00. The Morgan fingerprint density at radius 3 is 2.27 bits per heavy atom. The molecular weight excluding hydrogens is 494 g/mol. The molecule has 0 aliphatic rings. The predicted molar refractivity (Wildman–Crippen MR) is 151 cm³/mol. The lowest BCUT2D eigenvalue weighted by Gasteiger charge is -2.19. The fourth-order valence-corrected chi connectivity index (χ4v) is 4.25. The fraction of sp³-hybridized carbons (Fsp3) is 0.667. The van der Waals surface area contributed by atoms with Crippen LogP contribution in [0.4, 0.5) is 10.5 Å². The summed E-state index contributed by atoms with van der Waals surface area (Å²) in [5, 5.41) is 9.61. The number of amides is 1. The van der Waals surface area contributed by atoms with Gasteiger partial charge in [0.2, 0.25) is 0 Å². The second-order valence-corrected chi connectivity index (χ2v) is 10.4. The van der Waals surface area contributed by atoms with E-state index in [1.54, 1.807) is 11.8 Å². The average Bonchev–Trinajstić information content (AvgIpc) is 2.85. The molecule has 0 heterocycles. The van der Waals surface area contributed by atoms with Crippen LogP contribution in [0, 0.1) is 0 Å². The Morgan fingerprint density at radius 2 is 1.68 bits per heavy atom. The second-order valence-electron chi connectivity index (χ2n) is 9.14. The molecule has 9 nitrogen and oxygen atoms in total. The zero-order valence-corrected chi connectivity index (χ0v) is 24.0. The number of hydrogen-bond acceptors (Lipinski definition) is 9. The Morgan fingerprint density at radius 1 is 1.03 bits per heavy atom. The van der Waals surface area contributed by atoms with E-state index in [0.29, 0.717) is 58.2 Å². The molecular formula is C27H47N3O6S. The molecule has 0 bridgehead atoms. The molecule has 3 N–H and O–H groups in total. The molecule has 0 aliphatic heterocycles. The van der Waals surface area contributed by atoms with Crippen molar-refractivity contribution in [2.24, 2.45) is 0 Å². The van der Waals surface area contributed by atoms with Crippen molar-refractivity contribution in [3.05, 3.63) is 30.9 Å². The van der Waals surface area contributed by atoms with Crippen LogP contribution in [0.2, 0.25) is 0 Å². The van der Waals surface area contributed by atoms with Crippen molar-refractivity contribution in [1.29, 1.82) is 0 Å². The summed E-state index contributed by atoms with van der Waals surface area (Å²) >= 11 is 1.80. The predicted octanol–water partition coefficient (Wildman–Crippen LogP) is 4.68. The quantitative estimate of drug-likeness (QED) is 0.0887. The number of ether oxygens (including phenoxy) is 5. The number of benzene rings is 1. The van der Waals surface area contributed by atoms with Gasteiger partial charge in [-0.25, -0.2) is 4.79 Å². The largest absolute Gasteiger partial charge is 0.491 e. The molecule has 0 aromatic heterocycles. The third-order valence-electron chi connectivity index (χ3n) is 4.84. The first-order valence-electron chi connectivity index (χ1n) is 12.9. The number of anilines is 1. The zero-order valence-electron chi connectivity index (χ0n) is 23.2. The first-order valence-corrected chi connectivity index (χ1v) is 13.8. The van der Waals surface area contributed by atoms with Gasteiger partial charge in [0.15, 0.2) is 0 Å². The summed E-state index contributed by atoms with van der Waals surface area (Å²) < 4.78 is 27.5. The number of carbonyl (C=O) groups excluding carboxylic acids is 1. The summed E-state index contributed by atoms with van der Waals surface area (Å²) in [6.07, 6.45) is 4.71. The SMILES string of the molecule is C=CCCCC(NC)Sc1cc(OCCOCCOCCOCCNC(=O)OC(C)(C)C)ccc1NC. The Hall–Kier alpha value is -1.98. The van der Waals surface area contributed by atoms with E-state index >= 15 is 0 Å². The topological polar surface area (TPSA) is 99.3 Å². The van der Waals surface area contributed by atoms with Crippen LogP contribution >= 0.6 is 11.8 Å². The molecule has 1 rings (SSSR count). The lowest BCUT2D eigenvalue weighted by Crippen LogP contribution is -2.34. The van der Waals surface area contributed by atoms with Crippen LogP contribution in [-0.2, 0) is 18.9 Å². The molecule has 37 heavy (non-hydrogen) atoms. The monoisotopic (exact) mass is 541 g/mol. The van der Waals surface area contributed by atoms with Crippen LogP contribution < -0.4 is 20.7 Å². The summed E-state index contributed by atoms with van der Waals surface area (Å²) in [4.78, 5) is 12.7. The molecule has 1 atom stereocenters. The van der Waals surface area contributed by atoms with Crippen molar-refractivity contribution >= 4 is 23.5 Å². The Labute approximate surface area is 227 Å². The molecule has 212 valence electrons. The maximum absolute atomic E-state index is 11.5. The van der Waals surface area contributed by atoms with Crippen LogP contribution in [-0.4, -0.2) is 84.0 Å². The van der Waals surface area contributed by atoms with Gasteiger partial charge in [-0.05, 0) is 65.3 Å². The summed E-state index contributed by atoms with van der Waals surface area (Å²) in [6.45, 7) is 12.9. The van der Waals surface area contributed by atoms with Gasteiger partial charge in [0, 0.05) is 24.2 Å². The molecule has 0 saturated carbocycles. The molecule has 0 saturated heterocycles. The highest BCUT2D eigenvalue weighted by Crippen LogP contribution is 2.34. The number of thioether (sulfide) groups is 1. The van der Waals surface area contributed by atoms with E-state index in [9.17, 15) is 4.79 Å². The summed E-state index contributed by atoms with van der Waals surface area (Å²) in [5.41, 5.74) is 0.576. The maximum atomic E-state index is 11.5. The lowest BCUT2D eigenvalue weighted by molar-refractivity contribution is 0.00903. The van der Waals surface area contributed by atoms with E-state index in [2.05, 4.69) is 28.6 Å². The molecule has 0 spiro atoms. The highest BCUT2D eigenvalue weighted by Gasteiger charge is 2.15. The minimum absolute atomic E-state index is 0.324. The highest BCUT2D eigenvalue weighted by atomic mass is 32.2. The second kappa shape index (κ2) is 20.0. The van der Waals surface area contributed by atoms with Gasteiger partial charge in [0.05, 0.1) is 45.0 Å². The van der Waals surface area contributed by atoms with Gasteiger partial charge in [-0.15, -0.1) is 18.3 Å². The minimum atomic E-state index is -0.505. The van der Waals surface area contributed by atoms with Crippen LogP contribution in [0.5, 0.6) is 5.75 Å². The van der Waals surface area contributed by atoms with Crippen molar-refractivity contribution in [2.75, 3.05) is 72.2 Å². The van der Waals surface area contributed by atoms with Crippen LogP contribution in [0.15, 0.2) is 35.7 Å². The molecule has 1 amide bonds. The lowest BCUT2D eigenvalue weighted by atomic mass is 10.2. The van der Waals surface area contributed by atoms with Gasteiger partial charge >= 0.3 is 6.09 Å². The number of carbonyl (C=O) groups is 1. The zero-order chi connectivity index (χ0) is 27.4. The van der Waals surface area contributed by atoms with E-state index < -0.39 is 11.7 Å². The summed E-state index contributed by atoms with van der Waals surface area (Å²) in [5.74, 6) is 0.820. The fourth-order valence-electron chi connectivity index (χ4n) is 3.06. The van der Waals surface area contributed by atoms with Crippen molar-refractivity contribution in [3.8, 4) is 5.75 Å². The van der Waals surface area contributed by atoms with Gasteiger partial charge in [0.1, 0.15) is 18.0 Å². The van der Waals surface area contributed by atoms with Gasteiger partial charge < -0.3 is 39.6 Å². The van der Waals surface area contributed by atoms with Gasteiger partial charge in [0.25, 0.3) is 0 Å². The van der Waals surface area contributed by atoms with Crippen LogP contribution in [0.25, 0.3) is 0 Å². The number of rotatable bonds is 21. The van der Waals surface area contributed by atoms with Gasteiger partial charge in [-0.3, -0.25) is 0 Å². The maximum Gasteiger partial charge on any atom is 0.407 e. The molecule has 1 aromatic rings.